The van der Waals surface area contributed by atoms with Gasteiger partial charge in [-0.2, -0.15) is 4.98 Å². The number of rotatable bonds is 6. The zero-order valence-electron chi connectivity index (χ0n) is 11.6. The third kappa shape index (κ3) is 3.64. The van der Waals surface area contributed by atoms with E-state index in [1.54, 1.807) is 0 Å². The Morgan fingerprint density at radius 1 is 1.32 bits per heavy atom. The molecule has 0 aliphatic carbocycles. The fourth-order valence-corrected chi connectivity index (χ4v) is 2.06. The average molecular weight is 259 g/mol. The van der Waals surface area contributed by atoms with E-state index < -0.39 is 0 Å². The minimum Gasteiger partial charge on any atom is -0.339 e. The maximum absolute atomic E-state index is 5.69. The minimum absolute atomic E-state index is 0.423. The maximum Gasteiger partial charge on any atom is 0.226 e. The molecule has 102 valence electrons. The molecular formula is C15H21N3O. The van der Waals surface area contributed by atoms with Crippen molar-refractivity contribution in [3.63, 3.8) is 0 Å². The normalized spacial score (nSPS) is 12.6. The van der Waals surface area contributed by atoms with Crippen LogP contribution < -0.4 is 5.73 Å². The van der Waals surface area contributed by atoms with Crippen molar-refractivity contribution in [2.24, 2.45) is 11.7 Å². The second-order valence-electron chi connectivity index (χ2n) is 4.92. The van der Waals surface area contributed by atoms with Gasteiger partial charge >= 0.3 is 0 Å². The molecule has 0 saturated carbocycles. The molecule has 4 heteroatoms. The first-order valence-corrected chi connectivity index (χ1v) is 6.79. The van der Waals surface area contributed by atoms with Crippen molar-refractivity contribution in [1.29, 1.82) is 0 Å². The van der Waals surface area contributed by atoms with E-state index in [2.05, 4.69) is 36.1 Å². The highest BCUT2D eigenvalue weighted by Crippen LogP contribution is 2.13. The van der Waals surface area contributed by atoms with Gasteiger partial charge in [-0.05, 0) is 30.5 Å². The Balaban J connectivity index is 2.03. The first-order chi connectivity index (χ1) is 9.22. The topological polar surface area (TPSA) is 64.9 Å². The van der Waals surface area contributed by atoms with Gasteiger partial charge in [0, 0.05) is 12.8 Å². The summed E-state index contributed by atoms with van der Waals surface area (Å²) < 4.78 is 5.29. The highest BCUT2D eigenvalue weighted by molar-refractivity contribution is 5.27. The Morgan fingerprint density at radius 2 is 2.11 bits per heavy atom. The van der Waals surface area contributed by atoms with Gasteiger partial charge in [0.05, 0.1) is 0 Å². The van der Waals surface area contributed by atoms with E-state index in [0.717, 1.165) is 25.1 Å². The van der Waals surface area contributed by atoms with Crippen LogP contribution in [0, 0.1) is 12.8 Å². The van der Waals surface area contributed by atoms with Crippen molar-refractivity contribution >= 4 is 0 Å². The summed E-state index contributed by atoms with van der Waals surface area (Å²) in [6.45, 7) is 4.88. The predicted molar refractivity (Wildman–Crippen MR) is 74.8 cm³/mol. The van der Waals surface area contributed by atoms with Gasteiger partial charge in [0.2, 0.25) is 5.89 Å². The molecule has 4 nitrogen and oxygen atoms in total. The van der Waals surface area contributed by atoms with Gasteiger partial charge in [0.1, 0.15) is 0 Å². The summed E-state index contributed by atoms with van der Waals surface area (Å²) in [6.07, 6.45) is 2.52. The van der Waals surface area contributed by atoms with Crippen LogP contribution in [-0.4, -0.2) is 16.7 Å². The summed E-state index contributed by atoms with van der Waals surface area (Å²) in [5.41, 5.74) is 8.18. The molecule has 2 N–H and O–H groups in total. The lowest BCUT2D eigenvalue weighted by atomic mass is 10.0. The summed E-state index contributed by atoms with van der Waals surface area (Å²) in [7, 11) is 0. The van der Waals surface area contributed by atoms with E-state index in [1.165, 1.54) is 11.1 Å². The molecule has 0 saturated heterocycles. The smallest absolute Gasteiger partial charge is 0.226 e. The second kappa shape index (κ2) is 6.48. The van der Waals surface area contributed by atoms with Crippen molar-refractivity contribution < 1.29 is 4.52 Å². The van der Waals surface area contributed by atoms with Crippen molar-refractivity contribution in [1.82, 2.24) is 10.1 Å². The number of hydrogen-bond donors (Lipinski definition) is 1. The average Bonchev–Trinajstić information content (AvgIpc) is 2.86. The zero-order valence-corrected chi connectivity index (χ0v) is 11.6. The standard InChI is InChI=1S/C15H21N3O/c1-3-12(10-16)8-15-17-14(18-19-15)9-13-7-5-4-6-11(13)2/h4-7,12H,3,8-10,16H2,1-2H3. The third-order valence-electron chi connectivity index (χ3n) is 3.49. The highest BCUT2D eigenvalue weighted by Gasteiger charge is 2.12. The van der Waals surface area contributed by atoms with Crippen LogP contribution in [0.2, 0.25) is 0 Å². The quantitative estimate of drug-likeness (QED) is 0.865. The number of hydrogen-bond acceptors (Lipinski definition) is 4. The number of benzene rings is 1. The number of nitrogens with zero attached hydrogens (tertiary/aromatic N) is 2. The Kier molecular flexibility index (Phi) is 4.68. The molecule has 1 aromatic heterocycles. The molecule has 0 radical (unpaired) electrons. The first kappa shape index (κ1) is 13.7. The summed E-state index contributed by atoms with van der Waals surface area (Å²) in [5.74, 6) is 1.86. The van der Waals surface area contributed by atoms with E-state index in [4.69, 9.17) is 10.3 Å². The van der Waals surface area contributed by atoms with Crippen LogP contribution >= 0.6 is 0 Å². The Labute approximate surface area is 114 Å². The van der Waals surface area contributed by atoms with Crippen LogP contribution in [0.3, 0.4) is 0 Å². The Morgan fingerprint density at radius 3 is 2.79 bits per heavy atom. The van der Waals surface area contributed by atoms with E-state index in [0.29, 0.717) is 18.4 Å². The molecule has 0 aliphatic heterocycles. The summed E-state index contributed by atoms with van der Waals surface area (Å²) in [4.78, 5) is 4.45. The van der Waals surface area contributed by atoms with Crippen molar-refractivity contribution in [3.8, 4) is 0 Å². The molecule has 0 aliphatic rings. The lowest BCUT2D eigenvalue weighted by Crippen LogP contribution is -2.16. The van der Waals surface area contributed by atoms with Crippen LogP contribution in [0.1, 0.15) is 36.2 Å². The second-order valence-corrected chi connectivity index (χ2v) is 4.92. The third-order valence-corrected chi connectivity index (χ3v) is 3.49. The molecule has 0 bridgehead atoms. The molecule has 0 spiro atoms. The SMILES string of the molecule is CCC(CN)Cc1nc(Cc2ccccc2C)no1. The molecule has 0 fully saturated rings. The van der Waals surface area contributed by atoms with Gasteiger partial charge in [0.25, 0.3) is 0 Å². The van der Waals surface area contributed by atoms with E-state index in [1.807, 2.05) is 12.1 Å². The predicted octanol–water partition coefficient (Wildman–Crippen LogP) is 2.50. The van der Waals surface area contributed by atoms with Crippen molar-refractivity contribution in [3.05, 3.63) is 47.1 Å². The molecule has 1 atom stereocenters. The molecule has 1 aromatic carbocycles. The van der Waals surface area contributed by atoms with E-state index in [-0.39, 0.29) is 0 Å². The molecule has 2 aromatic rings. The van der Waals surface area contributed by atoms with Gasteiger partial charge in [0.15, 0.2) is 5.82 Å². The lowest BCUT2D eigenvalue weighted by Gasteiger charge is -2.07. The fourth-order valence-electron chi connectivity index (χ4n) is 2.06. The Hall–Kier alpha value is -1.68. The van der Waals surface area contributed by atoms with Crippen LogP contribution in [0.25, 0.3) is 0 Å². The molecule has 1 unspecified atom stereocenters. The number of nitrogens with two attached hydrogens (primary N) is 1. The van der Waals surface area contributed by atoms with Crippen LogP contribution in [0.5, 0.6) is 0 Å². The van der Waals surface area contributed by atoms with Crippen LogP contribution in [0.15, 0.2) is 28.8 Å². The molecular weight excluding hydrogens is 238 g/mol. The minimum atomic E-state index is 0.423. The summed E-state index contributed by atoms with van der Waals surface area (Å²) in [6, 6.07) is 8.26. The number of aryl methyl sites for hydroxylation is 1. The summed E-state index contributed by atoms with van der Waals surface area (Å²) in [5, 5.41) is 4.05. The van der Waals surface area contributed by atoms with E-state index >= 15 is 0 Å². The summed E-state index contributed by atoms with van der Waals surface area (Å²) >= 11 is 0. The fraction of sp³-hybridized carbons (Fsp3) is 0.467. The van der Waals surface area contributed by atoms with Crippen LogP contribution in [-0.2, 0) is 12.8 Å². The first-order valence-electron chi connectivity index (χ1n) is 6.79. The molecule has 1 heterocycles. The van der Waals surface area contributed by atoms with Gasteiger partial charge in [-0.25, -0.2) is 0 Å². The van der Waals surface area contributed by atoms with Gasteiger partial charge in [-0.3, -0.25) is 0 Å². The molecule has 0 amide bonds. The Bertz CT molecular complexity index is 518. The molecule has 19 heavy (non-hydrogen) atoms. The zero-order chi connectivity index (χ0) is 13.7. The highest BCUT2D eigenvalue weighted by atomic mass is 16.5. The monoisotopic (exact) mass is 259 g/mol. The maximum atomic E-state index is 5.69. The van der Waals surface area contributed by atoms with Crippen LogP contribution in [0.4, 0.5) is 0 Å². The lowest BCUT2D eigenvalue weighted by molar-refractivity contribution is 0.347. The van der Waals surface area contributed by atoms with Gasteiger partial charge in [-0.15, -0.1) is 0 Å². The molecule has 2 rings (SSSR count). The van der Waals surface area contributed by atoms with Crippen molar-refractivity contribution in [2.75, 3.05) is 6.54 Å². The van der Waals surface area contributed by atoms with Gasteiger partial charge in [-0.1, -0.05) is 42.8 Å². The number of aromatic nitrogens is 2. The van der Waals surface area contributed by atoms with Crippen molar-refractivity contribution in [2.45, 2.75) is 33.1 Å². The van der Waals surface area contributed by atoms with Gasteiger partial charge < -0.3 is 10.3 Å². The van der Waals surface area contributed by atoms with E-state index in [9.17, 15) is 0 Å². The largest absolute Gasteiger partial charge is 0.339 e.